The van der Waals surface area contributed by atoms with Gasteiger partial charge in [-0.05, 0) is 76.1 Å². The van der Waals surface area contributed by atoms with Crippen LogP contribution in [0.3, 0.4) is 0 Å². The Morgan fingerprint density at radius 3 is 2.54 bits per heavy atom. The van der Waals surface area contributed by atoms with Gasteiger partial charge in [-0.1, -0.05) is 11.2 Å². The second-order valence-corrected chi connectivity index (χ2v) is 9.64. The van der Waals surface area contributed by atoms with Gasteiger partial charge in [0.15, 0.2) is 11.8 Å². The number of hydrogen-bond donors (Lipinski definition) is 2. The van der Waals surface area contributed by atoms with E-state index in [9.17, 15) is 0 Å². The van der Waals surface area contributed by atoms with Gasteiger partial charge in [0.05, 0.1) is 29.7 Å². The topological polar surface area (TPSA) is 116 Å². The van der Waals surface area contributed by atoms with Crippen molar-refractivity contribution < 1.29 is 9.26 Å². The highest BCUT2D eigenvalue weighted by molar-refractivity contribution is 5.90. The molecule has 9 nitrogen and oxygen atoms in total. The molecule has 3 N–H and O–H groups in total. The third-order valence-corrected chi connectivity index (χ3v) is 6.04. The number of hydrogen-bond acceptors (Lipinski definition) is 8. The predicted molar refractivity (Wildman–Crippen MR) is 137 cm³/mol. The average molecular weight is 472 g/mol. The lowest BCUT2D eigenvalue weighted by Gasteiger charge is -2.25. The van der Waals surface area contributed by atoms with Crippen molar-refractivity contribution in [2.75, 3.05) is 7.11 Å². The van der Waals surface area contributed by atoms with Crippen molar-refractivity contribution in [3.8, 4) is 28.6 Å². The number of methoxy groups -OCH3 is 1. The molecule has 1 unspecified atom stereocenters. The number of aromatic nitrogens is 4. The molecular formula is C26H29N7O2. The molecule has 0 amide bonds. The minimum absolute atomic E-state index is 0.0522. The molecule has 3 heterocycles. The zero-order valence-electron chi connectivity index (χ0n) is 20.7. The van der Waals surface area contributed by atoms with E-state index >= 15 is 0 Å². The number of benzene rings is 2. The summed E-state index contributed by atoms with van der Waals surface area (Å²) in [5.41, 5.74) is 11.2. The fourth-order valence-corrected chi connectivity index (χ4v) is 4.46. The van der Waals surface area contributed by atoms with Crippen LogP contribution in [0.4, 0.5) is 0 Å². The largest absolute Gasteiger partial charge is 0.497 e. The maximum Gasteiger partial charge on any atom is 0.258 e. The number of imidazole rings is 1. The molecule has 0 aliphatic carbocycles. The molecule has 1 aliphatic heterocycles. The Bertz CT molecular complexity index is 1490. The van der Waals surface area contributed by atoms with Gasteiger partial charge in [-0.15, -0.1) is 0 Å². The molecule has 0 radical (unpaired) electrons. The first-order chi connectivity index (χ1) is 16.7. The average Bonchev–Trinajstić information content (AvgIpc) is 3.41. The van der Waals surface area contributed by atoms with E-state index in [-0.39, 0.29) is 11.6 Å². The highest BCUT2D eigenvalue weighted by Gasteiger charge is 2.26. The zero-order chi connectivity index (χ0) is 24.9. The van der Waals surface area contributed by atoms with Crippen molar-refractivity contribution in [1.29, 1.82) is 0 Å². The van der Waals surface area contributed by atoms with Crippen LogP contribution in [0.2, 0.25) is 0 Å². The molecule has 35 heavy (non-hydrogen) atoms. The molecule has 0 fully saturated rings. The first kappa shape index (κ1) is 22.6. The van der Waals surface area contributed by atoms with Crippen LogP contribution < -0.4 is 15.8 Å². The Labute approximate surface area is 203 Å². The monoisotopic (exact) mass is 471 g/mol. The smallest absolute Gasteiger partial charge is 0.258 e. The predicted octanol–water partition coefficient (Wildman–Crippen LogP) is 4.47. The molecular weight excluding hydrogens is 442 g/mol. The highest BCUT2D eigenvalue weighted by atomic mass is 16.5. The second-order valence-electron chi connectivity index (χ2n) is 9.64. The molecule has 9 heteroatoms. The van der Waals surface area contributed by atoms with E-state index in [2.05, 4.69) is 64.0 Å². The van der Waals surface area contributed by atoms with E-state index in [4.69, 9.17) is 20.0 Å². The quantitative estimate of drug-likeness (QED) is 0.451. The van der Waals surface area contributed by atoms with Crippen molar-refractivity contribution in [2.45, 2.75) is 46.2 Å². The Kier molecular flexibility index (Phi) is 5.35. The van der Waals surface area contributed by atoms with E-state index in [0.29, 0.717) is 17.7 Å². The number of guanidine groups is 1. The van der Waals surface area contributed by atoms with Crippen molar-refractivity contribution in [1.82, 2.24) is 25.0 Å². The van der Waals surface area contributed by atoms with Gasteiger partial charge in [0, 0.05) is 17.3 Å². The van der Waals surface area contributed by atoms with Crippen LogP contribution in [0.25, 0.3) is 39.4 Å². The first-order valence-electron chi connectivity index (χ1n) is 11.5. The summed E-state index contributed by atoms with van der Waals surface area (Å²) in [6.07, 6.45) is 1.91. The standard InChI is InChI=1S/C26H29N7O2/c1-14-20(13-28-25(27)29-14)16-7-10-22-21(11-16)31-23(33(22)26(3,4)5)19-12-17(34-6)8-9-18(19)24-30-15(2)32-35-24/h7-14H,1-6H3,(H3,27,28,29). The summed E-state index contributed by atoms with van der Waals surface area (Å²) in [7, 11) is 1.65. The van der Waals surface area contributed by atoms with Crippen molar-refractivity contribution in [2.24, 2.45) is 10.7 Å². The van der Waals surface area contributed by atoms with Crippen LogP contribution in [0, 0.1) is 6.92 Å². The molecule has 4 aromatic rings. The van der Waals surface area contributed by atoms with Crippen LogP contribution in [0.5, 0.6) is 5.75 Å². The van der Waals surface area contributed by atoms with Crippen molar-refractivity contribution in [3.05, 3.63) is 54.0 Å². The molecule has 180 valence electrons. The molecule has 0 saturated heterocycles. The molecule has 1 atom stereocenters. The summed E-state index contributed by atoms with van der Waals surface area (Å²) in [4.78, 5) is 14.0. The number of nitrogens with two attached hydrogens (primary N) is 1. The van der Waals surface area contributed by atoms with E-state index < -0.39 is 0 Å². The van der Waals surface area contributed by atoms with Gasteiger partial charge in [0.2, 0.25) is 0 Å². The summed E-state index contributed by atoms with van der Waals surface area (Å²) in [5, 5.41) is 7.00. The number of rotatable bonds is 4. The Hall–Kier alpha value is -4.14. The van der Waals surface area contributed by atoms with Gasteiger partial charge in [-0.3, -0.25) is 0 Å². The molecule has 2 aromatic heterocycles. The first-order valence-corrected chi connectivity index (χ1v) is 11.5. The van der Waals surface area contributed by atoms with Gasteiger partial charge >= 0.3 is 0 Å². The molecule has 5 rings (SSSR count). The summed E-state index contributed by atoms with van der Waals surface area (Å²) in [6.45, 7) is 10.3. The lowest BCUT2D eigenvalue weighted by atomic mass is 9.99. The normalized spacial score (nSPS) is 16.1. The van der Waals surface area contributed by atoms with E-state index in [1.54, 1.807) is 14.0 Å². The minimum Gasteiger partial charge on any atom is -0.497 e. The maximum atomic E-state index is 5.83. The third-order valence-electron chi connectivity index (χ3n) is 6.04. The Morgan fingerprint density at radius 1 is 1.09 bits per heavy atom. The van der Waals surface area contributed by atoms with E-state index in [1.807, 2.05) is 31.3 Å². The van der Waals surface area contributed by atoms with Gasteiger partial charge < -0.3 is 24.9 Å². The number of ether oxygens (including phenoxy) is 1. The SMILES string of the molecule is COc1ccc(-c2nc(C)no2)c(-c2nc3cc(C4=CNC(N)=NC4C)ccc3n2C(C)(C)C)c1. The van der Waals surface area contributed by atoms with Gasteiger partial charge in [0.25, 0.3) is 5.89 Å². The number of nitrogens with one attached hydrogen (secondary N) is 1. The summed E-state index contributed by atoms with van der Waals surface area (Å²) < 4.78 is 13.3. The van der Waals surface area contributed by atoms with Crippen molar-refractivity contribution in [3.63, 3.8) is 0 Å². The minimum atomic E-state index is -0.256. The van der Waals surface area contributed by atoms with E-state index in [0.717, 1.165) is 44.9 Å². The molecule has 2 aromatic carbocycles. The van der Waals surface area contributed by atoms with Gasteiger partial charge in [-0.25, -0.2) is 9.98 Å². The molecule has 1 aliphatic rings. The zero-order valence-corrected chi connectivity index (χ0v) is 20.7. The Morgan fingerprint density at radius 2 is 1.89 bits per heavy atom. The van der Waals surface area contributed by atoms with Crippen LogP contribution in [-0.4, -0.2) is 38.8 Å². The fraction of sp³-hybridized carbons (Fsp3) is 0.308. The highest BCUT2D eigenvalue weighted by Crippen LogP contribution is 2.39. The van der Waals surface area contributed by atoms with Gasteiger partial charge in [-0.2, -0.15) is 4.98 Å². The summed E-state index contributed by atoms with van der Waals surface area (Å²) in [5.74, 6) is 2.94. The number of nitrogens with zero attached hydrogens (tertiary/aromatic N) is 5. The number of fused-ring (bicyclic) bond motifs is 1. The molecule has 0 saturated carbocycles. The summed E-state index contributed by atoms with van der Waals surface area (Å²) >= 11 is 0. The van der Waals surface area contributed by atoms with E-state index in [1.165, 1.54) is 0 Å². The lowest BCUT2D eigenvalue weighted by molar-refractivity contribution is 0.409. The fourth-order valence-electron chi connectivity index (χ4n) is 4.46. The van der Waals surface area contributed by atoms with Crippen LogP contribution in [-0.2, 0) is 5.54 Å². The second kappa shape index (κ2) is 8.26. The van der Waals surface area contributed by atoms with Crippen LogP contribution in [0.1, 0.15) is 39.1 Å². The number of aliphatic imine (C=N–C) groups is 1. The summed E-state index contributed by atoms with van der Waals surface area (Å²) in [6, 6.07) is 12.0. The van der Waals surface area contributed by atoms with Crippen LogP contribution >= 0.6 is 0 Å². The van der Waals surface area contributed by atoms with Crippen molar-refractivity contribution >= 4 is 22.6 Å². The Balaban J connectivity index is 1.74. The van der Waals surface area contributed by atoms with Gasteiger partial charge in [0.1, 0.15) is 11.6 Å². The third kappa shape index (κ3) is 4.03. The maximum absolute atomic E-state index is 5.83. The molecule has 0 spiro atoms. The molecule has 0 bridgehead atoms. The van der Waals surface area contributed by atoms with Crippen LogP contribution in [0.15, 0.2) is 52.1 Å². The number of aryl methyl sites for hydroxylation is 1. The lowest BCUT2D eigenvalue weighted by Crippen LogP contribution is -2.32.